The fourth-order valence-corrected chi connectivity index (χ4v) is 21.7. The van der Waals surface area contributed by atoms with E-state index in [0.717, 1.165) is 130 Å². The Morgan fingerprint density at radius 3 is 0.855 bits per heavy atom. The van der Waals surface area contributed by atoms with Crippen LogP contribution in [0.1, 0.15) is 216 Å². The van der Waals surface area contributed by atoms with Gasteiger partial charge < -0.3 is 0 Å². The molecule has 0 spiro atoms. The van der Waals surface area contributed by atoms with Crippen LogP contribution in [0.15, 0.2) is 34.9 Å². The third-order valence-electron chi connectivity index (χ3n) is 25.4. The Bertz CT molecular complexity index is 2010. The Kier molecular flexibility index (Phi) is 12.8. The minimum atomic E-state index is 0.245. The van der Waals surface area contributed by atoms with E-state index in [1.165, 1.54) is 93.8 Å². The maximum atomic E-state index is 12.1. The van der Waals surface area contributed by atoms with Crippen LogP contribution < -0.4 is 0 Å². The molecule has 0 aromatic heterocycles. The fraction of sp³-hybridized carbons (Fsp3) is 0.810. The second-order valence-electron chi connectivity index (χ2n) is 27.8. The lowest BCUT2D eigenvalue weighted by molar-refractivity contribution is -0.129. The largest absolute Gasteiger partial charge is 0.300 e. The van der Waals surface area contributed by atoms with Crippen LogP contribution in [0.3, 0.4) is 0 Å². The first-order valence-electron chi connectivity index (χ1n) is 28.8. The highest BCUT2D eigenvalue weighted by Crippen LogP contribution is 2.70. The molecule has 0 unspecified atom stereocenters. The van der Waals surface area contributed by atoms with E-state index in [-0.39, 0.29) is 32.5 Å². The standard InChI is InChI=1S/3C21H30O2/c3*1-13(22)17-6-7-18-16-5-4-14-12-15(23)8-10-20(14,2)19(16)9-11-21(17,18)3/h3*12,16-19H,4-11H2,1-3H3/t3*16-,17+,18-,19-,20-,21+/m000/s1. The van der Waals surface area contributed by atoms with Crippen molar-refractivity contribution < 1.29 is 28.8 Å². The molecule has 0 aliphatic heterocycles. The number of Topliss-reactive ketones (excluding diaryl/α,β-unsaturated/α-hetero) is 3. The summed E-state index contributed by atoms with van der Waals surface area (Å²) in [5.41, 5.74) is 5.84. The summed E-state index contributed by atoms with van der Waals surface area (Å²) in [7, 11) is 0. The zero-order valence-electron chi connectivity index (χ0n) is 44.6. The van der Waals surface area contributed by atoms with Crippen LogP contribution in [0, 0.1) is 104 Å². The topological polar surface area (TPSA) is 102 Å². The number of fused-ring (bicyclic) bond motifs is 15. The van der Waals surface area contributed by atoms with Gasteiger partial charge in [-0.3, -0.25) is 28.8 Å². The van der Waals surface area contributed by atoms with Gasteiger partial charge in [-0.05, 0) is 260 Å². The second kappa shape index (κ2) is 17.7. The number of hydrogen-bond donors (Lipinski definition) is 0. The molecule has 12 aliphatic rings. The number of rotatable bonds is 3. The zero-order valence-corrected chi connectivity index (χ0v) is 44.6. The van der Waals surface area contributed by atoms with E-state index in [0.29, 0.717) is 52.5 Å². The summed E-state index contributed by atoms with van der Waals surface area (Å²) in [5, 5.41) is 0. The molecule has 0 heterocycles. The van der Waals surface area contributed by atoms with Crippen LogP contribution in [0.5, 0.6) is 0 Å². The van der Waals surface area contributed by atoms with Gasteiger partial charge in [-0.1, -0.05) is 58.3 Å². The van der Waals surface area contributed by atoms with Crippen LogP contribution in [0.4, 0.5) is 0 Å². The molecule has 0 N–H and O–H groups in total. The van der Waals surface area contributed by atoms with Crippen LogP contribution in [-0.4, -0.2) is 34.7 Å². The predicted octanol–water partition coefficient (Wildman–Crippen LogP) is 14.2. The molecule has 0 radical (unpaired) electrons. The lowest BCUT2D eigenvalue weighted by atomic mass is 9.46. The molecule has 18 atom stereocenters. The van der Waals surface area contributed by atoms with E-state index < -0.39 is 0 Å². The van der Waals surface area contributed by atoms with Crippen LogP contribution in [-0.2, 0) is 28.8 Å². The molecule has 0 saturated heterocycles. The minimum Gasteiger partial charge on any atom is -0.300 e. The summed E-state index contributed by atoms with van der Waals surface area (Å²) in [5.74, 6) is 9.87. The minimum absolute atomic E-state index is 0.245. The van der Waals surface area contributed by atoms with Gasteiger partial charge in [0, 0.05) is 37.0 Å². The highest BCUT2D eigenvalue weighted by atomic mass is 16.1. The molecular formula is C63H90O6. The number of carbonyl (C=O) groups excluding carboxylic acids is 6. The van der Waals surface area contributed by atoms with E-state index in [1.54, 1.807) is 20.8 Å². The summed E-state index contributed by atoms with van der Waals surface area (Å²) in [6.45, 7) is 19.9. The molecule has 12 aliphatic carbocycles. The number of carbonyl (C=O) groups is 6. The van der Waals surface area contributed by atoms with Crippen molar-refractivity contribution in [2.24, 2.45) is 104 Å². The van der Waals surface area contributed by atoms with Gasteiger partial charge in [-0.2, -0.15) is 0 Å². The van der Waals surface area contributed by atoms with Gasteiger partial charge >= 0.3 is 0 Å². The molecule has 9 fully saturated rings. The first kappa shape index (κ1) is 49.8. The lowest BCUT2D eigenvalue weighted by Crippen LogP contribution is -2.51. The van der Waals surface area contributed by atoms with Gasteiger partial charge in [0.1, 0.15) is 17.3 Å². The van der Waals surface area contributed by atoms with Crippen LogP contribution >= 0.6 is 0 Å². The van der Waals surface area contributed by atoms with Crippen molar-refractivity contribution in [1.82, 2.24) is 0 Å². The van der Waals surface area contributed by atoms with Crippen molar-refractivity contribution in [3.05, 3.63) is 34.9 Å². The van der Waals surface area contributed by atoms with Crippen molar-refractivity contribution in [1.29, 1.82) is 0 Å². The highest BCUT2D eigenvalue weighted by Gasteiger charge is 2.63. The third kappa shape index (κ3) is 7.77. The van der Waals surface area contributed by atoms with Gasteiger partial charge in [0.05, 0.1) is 0 Å². The number of hydrogen-bond acceptors (Lipinski definition) is 6. The maximum Gasteiger partial charge on any atom is 0.155 e. The Morgan fingerprint density at radius 2 is 0.609 bits per heavy atom. The Hall–Kier alpha value is -2.76. The van der Waals surface area contributed by atoms with Gasteiger partial charge in [-0.25, -0.2) is 0 Å². The Balaban J connectivity index is 0.000000120. The lowest BCUT2D eigenvalue weighted by Gasteiger charge is -2.58. The molecule has 0 aromatic rings. The monoisotopic (exact) mass is 943 g/mol. The molecule has 6 heteroatoms. The molecule has 9 saturated carbocycles. The van der Waals surface area contributed by atoms with Crippen LogP contribution in [0.2, 0.25) is 0 Å². The quantitative estimate of drug-likeness (QED) is 0.279. The van der Waals surface area contributed by atoms with E-state index in [2.05, 4.69) is 41.5 Å². The molecular weight excluding hydrogens is 853 g/mol. The van der Waals surface area contributed by atoms with E-state index >= 15 is 0 Å². The summed E-state index contributed by atoms with van der Waals surface area (Å²) in [6, 6.07) is 0. The summed E-state index contributed by atoms with van der Waals surface area (Å²) in [6.07, 6.45) is 32.8. The number of allylic oxidation sites excluding steroid dienone is 3. The van der Waals surface area contributed by atoms with Gasteiger partial charge in [-0.15, -0.1) is 0 Å². The first-order chi connectivity index (χ1) is 32.6. The molecule has 0 amide bonds. The zero-order chi connectivity index (χ0) is 49.2. The van der Waals surface area contributed by atoms with E-state index in [9.17, 15) is 28.8 Å². The van der Waals surface area contributed by atoms with Crippen molar-refractivity contribution in [2.75, 3.05) is 0 Å². The van der Waals surface area contributed by atoms with Gasteiger partial charge in [0.2, 0.25) is 0 Å². The first-order valence-corrected chi connectivity index (χ1v) is 28.8. The van der Waals surface area contributed by atoms with Crippen LogP contribution in [0.25, 0.3) is 0 Å². The number of ketones is 6. The van der Waals surface area contributed by atoms with Crippen molar-refractivity contribution >= 4 is 34.7 Å². The van der Waals surface area contributed by atoms with Gasteiger partial charge in [0.15, 0.2) is 17.3 Å². The molecule has 12 rings (SSSR count). The summed E-state index contributed by atoms with van der Waals surface area (Å²) >= 11 is 0. The second-order valence-corrected chi connectivity index (χ2v) is 27.8. The van der Waals surface area contributed by atoms with Crippen molar-refractivity contribution in [2.45, 2.75) is 216 Å². The summed E-state index contributed by atoms with van der Waals surface area (Å²) in [4.78, 5) is 72.0. The van der Waals surface area contributed by atoms with E-state index in [1.807, 2.05) is 18.2 Å². The maximum absolute atomic E-state index is 12.1. The smallest absolute Gasteiger partial charge is 0.155 e. The SMILES string of the molecule is CC(=O)[C@H]1CC[C@H]2[C@@H]3CCC4=CC(=O)CC[C@]4(C)[C@H]3CC[C@]12C.CC(=O)[C@H]1CC[C@H]2[C@@H]3CCC4=CC(=O)CC[C@]4(C)[C@H]3CC[C@]12C.CC(=O)[C@H]1CC[C@H]2[C@@H]3CCC4=CC(=O)CC[C@]4(C)[C@H]3CC[C@]12C. The molecule has 0 bridgehead atoms. The summed E-state index contributed by atoms with van der Waals surface area (Å²) < 4.78 is 0. The Morgan fingerprint density at radius 1 is 0.348 bits per heavy atom. The molecule has 6 nitrogen and oxygen atoms in total. The van der Waals surface area contributed by atoms with Gasteiger partial charge in [0.25, 0.3) is 0 Å². The normalized spacial score (nSPS) is 49.0. The van der Waals surface area contributed by atoms with Crippen molar-refractivity contribution in [3.8, 4) is 0 Å². The molecule has 378 valence electrons. The van der Waals surface area contributed by atoms with Crippen molar-refractivity contribution in [3.63, 3.8) is 0 Å². The molecule has 0 aromatic carbocycles. The highest BCUT2D eigenvalue weighted by molar-refractivity contribution is 5.92. The molecule has 69 heavy (non-hydrogen) atoms. The average Bonchev–Trinajstić information content (AvgIpc) is 3.98. The fourth-order valence-electron chi connectivity index (χ4n) is 21.7. The third-order valence-corrected chi connectivity index (χ3v) is 25.4. The van der Waals surface area contributed by atoms with E-state index in [4.69, 9.17) is 0 Å². The average molecular weight is 943 g/mol. The predicted molar refractivity (Wildman–Crippen MR) is 273 cm³/mol. The Labute approximate surface area is 416 Å².